The van der Waals surface area contributed by atoms with E-state index < -0.39 is 6.10 Å². The fourth-order valence-corrected chi connectivity index (χ4v) is 4.51. The molecular formula is C30H36N2O4. The first-order valence-electron chi connectivity index (χ1n) is 12.7. The highest BCUT2D eigenvalue weighted by Gasteiger charge is 2.21. The molecule has 0 aliphatic heterocycles. The van der Waals surface area contributed by atoms with E-state index >= 15 is 0 Å². The van der Waals surface area contributed by atoms with Crippen LogP contribution in [0.25, 0.3) is 22.4 Å². The Kier molecular flexibility index (Phi) is 7.94. The van der Waals surface area contributed by atoms with Crippen LogP contribution in [0.1, 0.15) is 61.8 Å². The van der Waals surface area contributed by atoms with Gasteiger partial charge in [-0.15, -0.1) is 0 Å². The zero-order valence-electron chi connectivity index (χ0n) is 22.1. The smallest absolute Gasteiger partial charge is 0.335 e. The van der Waals surface area contributed by atoms with Crippen LogP contribution < -0.4 is 0 Å². The van der Waals surface area contributed by atoms with E-state index in [1.807, 2.05) is 13.8 Å². The molecule has 0 spiro atoms. The third-order valence-corrected chi connectivity index (χ3v) is 6.52. The third-order valence-electron chi connectivity index (χ3n) is 6.52. The molecule has 0 bridgehead atoms. The Hall–Kier alpha value is -3.38. The molecule has 0 saturated heterocycles. The highest BCUT2D eigenvalue weighted by atomic mass is 16.6. The maximum atomic E-state index is 12.3. The van der Waals surface area contributed by atoms with Crippen LogP contribution in [0.4, 0.5) is 0 Å². The molecule has 0 aliphatic carbocycles. The molecule has 1 unspecified atom stereocenters. The Morgan fingerprint density at radius 2 is 1.81 bits per heavy atom. The lowest BCUT2D eigenvalue weighted by Crippen LogP contribution is -2.29. The highest BCUT2D eigenvalue weighted by Crippen LogP contribution is 2.27. The summed E-state index contributed by atoms with van der Waals surface area (Å²) < 4.78 is 19.1. The maximum absolute atomic E-state index is 12.3. The zero-order valence-corrected chi connectivity index (χ0v) is 22.1. The number of nitrogens with zero attached hydrogens (tertiary/aromatic N) is 2. The van der Waals surface area contributed by atoms with Crippen molar-refractivity contribution in [3.63, 3.8) is 0 Å². The van der Waals surface area contributed by atoms with Crippen molar-refractivity contribution in [2.75, 3.05) is 13.2 Å². The normalized spacial score (nSPS) is 12.4. The summed E-state index contributed by atoms with van der Waals surface area (Å²) >= 11 is 0. The summed E-state index contributed by atoms with van der Waals surface area (Å²) in [6, 6.07) is 14.7. The van der Waals surface area contributed by atoms with Gasteiger partial charge in [0.05, 0.1) is 13.2 Å². The molecule has 0 saturated carbocycles. The number of benzene rings is 2. The molecule has 4 rings (SSSR count). The molecule has 0 N–H and O–H groups in total. The van der Waals surface area contributed by atoms with Crippen LogP contribution in [0.5, 0.6) is 0 Å². The van der Waals surface area contributed by atoms with Gasteiger partial charge in [0.15, 0.2) is 6.10 Å². The number of ether oxygens (including phenoxy) is 2. The minimum absolute atomic E-state index is 0.315. The van der Waals surface area contributed by atoms with Gasteiger partial charge in [0, 0.05) is 35.7 Å². The summed E-state index contributed by atoms with van der Waals surface area (Å²) in [5, 5.41) is 1.15. The van der Waals surface area contributed by atoms with E-state index in [9.17, 15) is 4.79 Å². The molecule has 36 heavy (non-hydrogen) atoms. The number of esters is 1. The number of carbonyl (C=O) groups excluding carboxylic acids is 1. The van der Waals surface area contributed by atoms with Gasteiger partial charge in [-0.05, 0) is 74.6 Å². The second kappa shape index (κ2) is 11.1. The first kappa shape index (κ1) is 25.7. The molecule has 2 aromatic heterocycles. The minimum Gasteiger partial charge on any atom is -0.464 e. The SMILES string of the molecule is CCOC(=O)C(Cc1ccc2c(c1)c(C)cn2Cc1nc(-c2ccc(C(C)C)cc2)oc1C)OCC. The van der Waals surface area contributed by atoms with Crippen molar-refractivity contribution in [2.24, 2.45) is 0 Å². The molecule has 0 amide bonds. The van der Waals surface area contributed by atoms with Crippen molar-refractivity contribution in [1.82, 2.24) is 9.55 Å². The number of aryl methyl sites for hydroxylation is 2. The number of hydrogen-bond acceptors (Lipinski definition) is 5. The Labute approximate surface area is 213 Å². The summed E-state index contributed by atoms with van der Waals surface area (Å²) in [4.78, 5) is 17.1. The summed E-state index contributed by atoms with van der Waals surface area (Å²) in [5.74, 6) is 1.64. The average Bonchev–Trinajstić information content (AvgIpc) is 3.38. The molecule has 4 aromatic rings. The van der Waals surface area contributed by atoms with Crippen LogP contribution in [0.3, 0.4) is 0 Å². The van der Waals surface area contributed by atoms with Gasteiger partial charge < -0.3 is 18.5 Å². The Morgan fingerprint density at radius 1 is 1.06 bits per heavy atom. The Bertz CT molecular complexity index is 1330. The van der Waals surface area contributed by atoms with Crippen molar-refractivity contribution in [3.8, 4) is 11.5 Å². The van der Waals surface area contributed by atoms with Gasteiger partial charge in [-0.1, -0.05) is 32.0 Å². The quantitative estimate of drug-likeness (QED) is 0.235. The Balaban J connectivity index is 1.56. The fourth-order valence-electron chi connectivity index (χ4n) is 4.51. The number of hydrogen-bond donors (Lipinski definition) is 0. The van der Waals surface area contributed by atoms with Crippen LogP contribution >= 0.6 is 0 Å². The highest BCUT2D eigenvalue weighted by molar-refractivity contribution is 5.85. The second-order valence-corrected chi connectivity index (χ2v) is 9.49. The lowest BCUT2D eigenvalue weighted by atomic mass is 10.0. The molecule has 2 heterocycles. The van der Waals surface area contributed by atoms with Gasteiger partial charge in [-0.25, -0.2) is 9.78 Å². The predicted molar refractivity (Wildman–Crippen MR) is 142 cm³/mol. The maximum Gasteiger partial charge on any atom is 0.335 e. The number of rotatable bonds is 10. The first-order valence-corrected chi connectivity index (χ1v) is 12.7. The van der Waals surface area contributed by atoms with E-state index in [1.165, 1.54) is 11.1 Å². The largest absolute Gasteiger partial charge is 0.464 e. The first-order chi connectivity index (χ1) is 17.3. The third kappa shape index (κ3) is 5.54. The van der Waals surface area contributed by atoms with Crippen LogP contribution in [0.2, 0.25) is 0 Å². The molecule has 2 aromatic carbocycles. The van der Waals surface area contributed by atoms with E-state index in [0.717, 1.165) is 33.5 Å². The fraction of sp³-hybridized carbons (Fsp3) is 0.400. The van der Waals surface area contributed by atoms with Gasteiger partial charge in [-0.3, -0.25) is 0 Å². The average molecular weight is 489 g/mol. The molecule has 0 fully saturated rings. The zero-order chi connectivity index (χ0) is 25.8. The summed E-state index contributed by atoms with van der Waals surface area (Å²) in [5.41, 5.74) is 6.52. The molecule has 6 nitrogen and oxygen atoms in total. The van der Waals surface area contributed by atoms with Crippen molar-refractivity contribution in [3.05, 3.63) is 76.8 Å². The molecule has 0 radical (unpaired) electrons. The van der Waals surface area contributed by atoms with Crippen LogP contribution in [-0.2, 0) is 27.2 Å². The number of fused-ring (bicyclic) bond motifs is 1. The molecular weight excluding hydrogens is 452 g/mol. The van der Waals surface area contributed by atoms with E-state index in [2.05, 4.69) is 74.0 Å². The van der Waals surface area contributed by atoms with Crippen LogP contribution in [-0.4, -0.2) is 34.8 Å². The van der Waals surface area contributed by atoms with E-state index in [0.29, 0.717) is 38.0 Å². The number of oxazole rings is 1. The van der Waals surface area contributed by atoms with E-state index in [4.69, 9.17) is 18.9 Å². The van der Waals surface area contributed by atoms with Crippen LogP contribution in [0, 0.1) is 13.8 Å². The molecule has 6 heteroatoms. The summed E-state index contributed by atoms with van der Waals surface area (Å²) in [6.07, 6.45) is 2.03. The number of aromatic nitrogens is 2. The van der Waals surface area contributed by atoms with Crippen LogP contribution in [0.15, 0.2) is 53.1 Å². The van der Waals surface area contributed by atoms with Gasteiger partial charge in [0.2, 0.25) is 5.89 Å². The van der Waals surface area contributed by atoms with E-state index in [1.54, 1.807) is 6.92 Å². The molecule has 1 atom stereocenters. The molecule has 0 aliphatic rings. The Morgan fingerprint density at radius 3 is 2.47 bits per heavy atom. The standard InChI is InChI=1S/C30H36N2O4/c1-7-34-28(30(33)35-8-2)16-22-9-14-27-25(15-22)20(5)17-32(27)18-26-21(6)36-29(31-26)24-12-10-23(11-13-24)19(3)4/h9-15,17,19,28H,7-8,16,18H2,1-6H3. The van der Waals surface area contributed by atoms with Gasteiger partial charge >= 0.3 is 5.97 Å². The molecule has 190 valence electrons. The summed E-state index contributed by atoms with van der Waals surface area (Å²) in [7, 11) is 0. The second-order valence-electron chi connectivity index (χ2n) is 9.49. The topological polar surface area (TPSA) is 66.5 Å². The lowest BCUT2D eigenvalue weighted by Gasteiger charge is -2.15. The lowest BCUT2D eigenvalue weighted by molar-refractivity contribution is -0.156. The van der Waals surface area contributed by atoms with Gasteiger partial charge in [0.25, 0.3) is 0 Å². The van der Waals surface area contributed by atoms with Gasteiger partial charge in [-0.2, -0.15) is 0 Å². The predicted octanol–water partition coefficient (Wildman–Crippen LogP) is 6.60. The van der Waals surface area contributed by atoms with Crippen molar-refractivity contribution in [2.45, 2.75) is 66.5 Å². The monoisotopic (exact) mass is 488 g/mol. The van der Waals surface area contributed by atoms with E-state index in [-0.39, 0.29) is 5.97 Å². The van der Waals surface area contributed by atoms with Crippen molar-refractivity contribution >= 4 is 16.9 Å². The van der Waals surface area contributed by atoms with Crippen molar-refractivity contribution in [1.29, 1.82) is 0 Å². The summed E-state index contributed by atoms with van der Waals surface area (Å²) in [6.45, 7) is 13.6. The van der Waals surface area contributed by atoms with Crippen molar-refractivity contribution < 1.29 is 18.7 Å². The number of carbonyl (C=O) groups is 1. The van der Waals surface area contributed by atoms with Gasteiger partial charge in [0.1, 0.15) is 11.5 Å². The minimum atomic E-state index is -0.597.